The molecule has 4 rings (SSSR count). The first-order chi connectivity index (χ1) is 13.2. The van der Waals surface area contributed by atoms with Gasteiger partial charge in [0.25, 0.3) is 0 Å². The molecule has 3 heterocycles. The molecule has 1 aromatic carbocycles. The molecule has 2 bridgehead atoms. The Bertz CT molecular complexity index is 800. The summed E-state index contributed by atoms with van der Waals surface area (Å²) >= 11 is 0. The molecule has 1 aromatic heterocycles. The van der Waals surface area contributed by atoms with E-state index >= 15 is 0 Å². The number of aromatic amines is 1. The Labute approximate surface area is 185 Å². The van der Waals surface area contributed by atoms with Gasteiger partial charge in [-0.05, 0) is 57.2 Å². The lowest BCUT2D eigenvalue weighted by molar-refractivity contribution is 0.0526. The smallest absolute Gasteiger partial charge is 0.191 e. The number of halogens is 1. The van der Waals surface area contributed by atoms with Crippen LogP contribution >= 0.6 is 24.0 Å². The summed E-state index contributed by atoms with van der Waals surface area (Å²) in [5.41, 5.74) is 3.93. The maximum absolute atomic E-state index is 4.46. The third-order valence-corrected chi connectivity index (χ3v) is 6.60. The summed E-state index contributed by atoms with van der Waals surface area (Å²) in [5, 5.41) is 8.54. The first-order valence-electron chi connectivity index (χ1n) is 10.4. The maximum atomic E-state index is 4.46. The highest BCUT2D eigenvalue weighted by Crippen LogP contribution is 2.32. The van der Waals surface area contributed by atoms with E-state index in [9.17, 15) is 0 Å². The molecule has 0 radical (unpaired) electrons. The maximum Gasteiger partial charge on any atom is 0.191 e. The third-order valence-electron chi connectivity index (χ3n) is 6.60. The molecule has 2 atom stereocenters. The summed E-state index contributed by atoms with van der Waals surface area (Å²) in [6.07, 6.45) is 9.68. The number of nitrogens with zero attached hydrogens (tertiary/aromatic N) is 2. The highest BCUT2D eigenvalue weighted by atomic mass is 127. The fraction of sp³-hybridized carbons (Fsp3) is 0.591. The van der Waals surface area contributed by atoms with E-state index in [1.807, 2.05) is 7.05 Å². The Morgan fingerprint density at radius 3 is 2.71 bits per heavy atom. The van der Waals surface area contributed by atoms with Crippen molar-refractivity contribution in [2.45, 2.75) is 63.6 Å². The van der Waals surface area contributed by atoms with Gasteiger partial charge in [0, 0.05) is 48.8 Å². The van der Waals surface area contributed by atoms with Gasteiger partial charge in [0.2, 0.25) is 0 Å². The highest BCUT2D eigenvalue weighted by molar-refractivity contribution is 14.0. The first-order valence-corrected chi connectivity index (χ1v) is 10.4. The molecule has 0 spiro atoms. The van der Waals surface area contributed by atoms with Gasteiger partial charge in [-0.2, -0.15) is 0 Å². The number of hydrogen-bond donors (Lipinski definition) is 3. The summed E-state index contributed by atoms with van der Waals surface area (Å²) in [4.78, 5) is 10.5. The van der Waals surface area contributed by atoms with Crippen LogP contribution in [0, 0.1) is 6.92 Å². The van der Waals surface area contributed by atoms with Crippen molar-refractivity contribution in [3.8, 4) is 0 Å². The van der Waals surface area contributed by atoms with Gasteiger partial charge in [-0.25, -0.2) is 0 Å². The fourth-order valence-electron chi connectivity index (χ4n) is 5.01. The Balaban J connectivity index is 0.00000225. The van der Waals surface area contributed by atoms with Crippen LogP contribution in [0.15, 0.2) is 29.4 Å². The predicted molar refractivity (Wildman–Crippen MR) is 129 cm³/mol. The first kappa shape index (κ1) is 21.4. The van der Waals surface area contributed by atoms with Gasteiger partial charge in [0.05, 0.1) is 0 Å². The summed E-state index contributed by atoms with van der Waals surface area (Å²) in [6, 6.07) is 8.52. The average molecular weight is 495 g/mol. The van der Waals surface area contributed by atoms with Crippen LogP contribution in [-0.2, 0) is 6.42 Å². The Morgan fingerprint density at radius 1 is 1.25 bits per heavy atom. The zero-order valence-electron chi connectivity index (χ0n) is 17.3. The molecule has 2 aliphatic rings. The summed E-state index contributed by atoms with van der Waals surface area (Å²) in [6.45, 7) is 3.05. The van der Waals surface area contributed by atoms with E-state index in [-0.39, 0.29) is 24.0 Å². The lowest BCUT2D eigenvalue weighted by Gasteiger charge is -2.47. The number of aromatic nitrogens is 1. The van der Waals surface area contributed by atoms with E-state index in [2.05, 4.69) is 63.9 Å². The van der Waals surface area contributed by atoms with Gasteiger partial charge in [0.15, 0.2) is 5.96 Å². The Kier molecular flexibility index (Phi) is 7.25. The largest absolute Gasteiger partial charge is 0.361 e. The van der Waals surface area contributed by atoms with Gasteiger partial charge in [0.1, 0.15) is 0 Å². The summed E-state index contributed by atoms with van der Waals surface area (Å²) in [7, 11) is 4.18. The number of aryl methyl sites for hydroxylation is 1. The average Bonchev–Trinajstić information content (AvgIpc) is 3.06. The van der Waals surface area contributed by atoms with E-state index in [1.165, 1.54) is 54.1 Å². The second-order valence-electron chi connectivity index (χ2n) is 8.28. The lowest BCUT2D eigenvalue weighted by atomic mass is 9.82. The van der Waals surface area contributed by atoms with Crippen LogP contribution in [0.4, 0.5) is 0 Å². The molecule has 2 saturated heterocycles. The second kappa shape index (κ2) is 9.48. The van der Waals surface area contributed by atoms with Crippen LogP contribution in [0.3, 0.4) is 0 Å². The van der Waals surface area contributed by atoms with Crippen molar-refractivity contribution in [3.63, 3.8) is 0 Å². The SMILES string of the molecule is CN=C(NCCc1c[nH]c2c(C)cccc12)NC1CC2CCCC(C1)N2C.I. The van der Waals surface area contributed by atoms with Crippen LogP contribution in [0.5, 0.6) is 0 Å². The highest BCUT2D eigenvalue weighted by Gasteiger charge is 2.36. The standard InChI is InChI=1S/C22H33N5.HI/c1-15-6-4-9-20-16(14-25-21(15)20)10-11-24-22(23-2)26-17-12-18-7-5-8-19(13-17)27(18)3;/h4,6,9,14,17-19,25H,5,7-8,10-13H2,1-3H3,(H2,23,24,26);1H. The minimum Gasteiger partial charge on any atom is -0.361 e. The number of benzene rings is 1. The molecule has 2 aromatic rings. The molecule has 28 heavy (non-hydrogen) atoms. The third kappa shape index (κ3) is 4.48. The van der Waals surface area contributed by atoms with E-state index < -0.39 is 0 Å². The number of piperidine rings is 2. The van der Waals surface area contributed by atoms with Crippen LogP contribution < -0.4 is 10.6 Å². The zero-order chi connectivity index (χ0) is 18.8. The van der Waals surface area contributed by atoms with Gasteiger partial charge < -0.3 is 20.5 Å². The van der Waals surface area contributed by atoms with Crippen molar-refractivity contribution in [1.29, 1.82) is 0 Å². The van der Waals surface area contributed by atoms with Gasteiger partial charge in [-0.3, -0.25) is 4.99 Å². The summed E-state index contributed by atoms with van der Waals surface area (Å²) < 4.78 is 0. The molecular formula is C22H34IN5. The van der Waals surface area contributed by atoms with Gasteiger partial charge >= 0.3 is 0 Å². The minimum atomic E-state index is 0. The molecule has 3 N–H and O–H groups in total. The van der Waals surface area contributed by atoms with Crippen molar-refractivity contribution in [3.05, 3.63) is 35.5 Å². The minimum absolute atomic E-state index is 0. The Morgan fingerprint density at radius 2 is 2.00 bits per heavy atom. The molecule has 154 valence electrons. The zero-order valence-corrected chi connectivity index (χ0v) is 19.6. The molecule has 0 amide bonds. The number of para-hydroxylation sites is 1. The number of H-pyrrole nitrogens is 1. The predicted octanol–water partition coefficient (Wildman–Crippen LogP) is 3.82. The van der Waals surface area contributed by atoms with E-state index in [4.69, 9.17) is 0 Å². The quantitative estimate of drug-likeness (QED) is 0.344. The van der Waals surface area contributed by atoms with Crippen molar-refractivity contribution >= 4 is 40.8 Å². The molecule has 0 aliphatic carbocycles. The van der Waals surface area contributed by atoms with Gasteiger partial charge in [-0.15, -0.1) is 24.0 Å². The van der Waals surface area contributed by atoms with E-state index in [1.54, 1.807) is 0 Å². The lowest BCUT2D eigenvalue weighted by Crippen LogP contribution is -2.56. The van der Waals surface area contributed by atoms with Crippen LogP contribution in [0.2, 0.25) is 0 Å². The number of rotatable bonds is 4. The fourth-order valence-corrected chi connectivity index (χ4v) is 5.01. The molecular weight excluding hydrogens is 461 g/mol. The van der Waals surface area contributed by atoms with Crippen LogP contribution in [0.25, 0.3) is 10.9 Å². The van der Waals surface area contributed by atoms with Crippen molar-refractivity contribution in [2.24, 2.45) is 4.99 Å². The van der Waals surface area contributed by atoms with Crippen molar-refractivity contribution in [1.82, 2.24) is 20.5 Å². The van der Waals surface area contributed by atoms with Crippen LogP contribution in [-0.4, -0.2) is 54.6 Å². The molecule has 2 fully saturated rings. The number of guanidine groups is 1. The van der Waals surface area contributed by atoms with Crippen LogP contribution in [0.1, 0.15) is 43.2 Å². The number of nitrogens with one attached hydrogen (secondary N) is 3. The molecule has 2 aliphatic heterocycles. The molecule has 0 saturated carbocycles. The molecule has 2 unspecified atom stereocenters. The number of fused-ring (bicyclic) bond motifs is 3. The molecule has 5 nitrogen and oxygen atoms in total. The van der Waals surface area contributed by atoms with E-state index in [0.29, 0.717) is 6.04 Å². The summed E-state index contributed by atoms with van der Waals surface area (Å²) in [5.74, 6) is 0.943. The van der Waals surface area contributed by atoms with E-state index in [0.717, 1.165) is 31.0 Å². The topological polar surface area (TPSA) is 55.5 Å². The number of aliphatic imine (C=N–C) groups is 1. The van der Waals surface area contributed by atoms with Crippen molar-refractivity contribution < 1.29 is 0 Å². The molecule has 6 heteroatoms. The van der Waals surface area contributed by atoms with Gasteiger partial charge in [-0.1, -0.05) is 24.6 Å². The normalized spacial score (nSPS) is 25.4. The monoisotopic (exact) mass is 495 g/mol. The Hall–Kier alpha value is -1.28. The number of hydrogen-bond acceptors (Lipinski definition) is 2. The van der Waals surface area contributed by atoms with Crippen molar-refractivity contribution in [2.75, 3.05) is 20.6 Å². The second-order valence-corrected chi connectivity index (χ2v) is 8.28.